The van der Waals surface area contributed by atoms with Gasteiger partial charge in [0.15, 0.2) is 0 Å². The quantitative estimate of drug-likeness (QED) is 0.813. The molecule has 2 rings (SSSR count). The molecule has 1 aliphatic rings. The first kappa shape index (κ1) is 12.4. The summed E-state index contributed by atoms with van der Waals surface area (Å²) in [5, 5.41) is 9.68. The number of hydrogen-bond donors (Lipinski definition) is 1. The maximum absolute atomic E-state index is 11.2. The summed E-state index contributed by atoms with van der Waals surface area (Å²) in [6, 6.07) is 5.58. The second-order valence-corrected chi connectivity index (χ2v) is 4.62. The van der Waals surface area contributed by atoms with E-state index in [1.165, 1.54) is 0 Å². The molecule has 94 valence electrons. The number of phenols is 1. The molecule has 1 aromatic rings. The first-order chi connectivity index (χ1) is 8.47. The van der Waals surface area contributed by atoms with Crippen LogP contribution >= 0.6 is 0 Å². The molecule has 0 spiro atoms. The van der Waals surface area contributed by atoms with Crippen molar-refractivity contribution in [2.45, 2.75) is 26.7 Å². The average molecular weight is 244 g/mol. The van der Waals surface area contributed by atoms with E-state index in [1.807, 2.05) is 32.1 Å². The number of hydrogen-bond acceptors (Lipinski definition) is 3. The van der Waals surface area contributed by atoms with Crippen LogP contribution < -0.4 is 0 Å². The van der Waals surface area contributed by atoms with E-state index in [4.69, 9.17) is 4.74 Å². The predicted octanol–water partition coefficient (Wildman–Crippen LogP) is 3.19. The third kappa shape index (κ3) is 2.45. The van der Waals surface area contributed by atoms with Gasteiger partial charge < -0.3 is 9.84 Å². The Hall–Kier alpha value is -2.03. The Balaban J connectivity index is 2.22. The van der Waals surface area contributed by atoms with Crippen LogP contribution in [0.2, 0.25) is 0 Å². The van der Waals surface area contributed by atoms with E-state index in [0.29, 0.717) is 11.3 Å². The molecule has 1 unspecified atom stereocenters. The first-order valence-corrected chi connectivity index (χ1v) is 5.89. The van der Waals surface area contributed by atoms with Gasteiger partial charge in [0.2, 0.25) is 0 Å². The minimum absolute atomic E-state index is 0.0708. The van der Waals surface area contributed by atoms with E-state index in [0.717, 1.165) is 11.1 Å². The Morgan fingerprint density at radius 2 is 2.06 bits per heavy atom. The summed E-state index contributed by atoms with van der Waals surface area (Å²) in [6.45, 7) is 5.57. The SMILES string of the molecule is CC1=CC(=CC(C)c2ccc(C)c(O)c2)OC1=O. The Kier molecular flexibility index (Phi) is 3.24. The molecule has 1 heterocycles. The van der Waals surface area contributed by atoms with E-state index in [9.17, 15) is 9.90 Å². The van der Waals surface area contributed by atoms with E-state index in [2.05, 4.69) is 0 Å². The second-order valence-electron chi connectivity index (χ2n) is 4.62. The van der Waals surface area contributed by atoms with Crippen LogP contribution in [-0.2, 0) is 9.53 Å². The molecule has 0 saturated carbocycles. The van der Waals surface area contributed by atoms with Gasteiger partial charge in [0.25, 0.3) is 0 Å². The minimum Gasteiger partial charge on any atom is -0.508 e. The molecule has 0 aliphatic carbocycles. The summed E-state index contributed by atoms with van der Waals surface area (Å²) in [6.07, 6.45) is 3.60. The van der Waals surface area contributed by atoms with Gasteiger partial charge in [-0.05, 0) is 43.2 Å². The number of aryl methyl sites for hydroxylation is 1. The summed E-state index contributed by atoms with van der Waals surface area (Å²) >= 11 is 0. The summed E-state index contributed by atoms with van der Waals surface area (Å²) < 4.78 is 5.09. The highest BCUT2D eigenvalue weighted by Gasteiger charge is 2.17. The van der Waals surface area contributed by atoms with Crippen molar-refractivity contribution in [1.29, 1.82) is 0 Å². The zero-order valence-electron chi connectivity index (χ0n) is 10.7. The van der Waals surface area contributed by atoms with E-state index >= 15 is 0 Å². The van der Waals surface area contributed by atoms with E-state index in [-0.39, 0.29) is 17.6 Å². The monoisotopic (exact) mass is 244 g/mol. The summed E-state index contributed by atoms with van der Waals surface area (Å²) in [5.41, 5.74) is 2.45. The number of rotatable bonds is 2. The van der Waals surface area contributed by atoms with Gasteiger partial charge in [0, 0.05) is 11.5 Å². The van der Waals surface area contributed by atoms with Gasteiger partial charge in [-0.15, -0.1) is 0 Å². The smallest absolute Gasteiger partial charge is 0.339 e. The van der Waals surface area contributed by atoms with Crippen molar-refractivity contribution in [2.24, 2.45) is 0 Å². The number of aromatic hydroxyl groups is 1. The lowest BCUT2D eigenvalue weighted by atomic mass is 9.98. The maximum atomic E-state index is 11.2. The number of carbonyl (C=O) groups is 1. The Morgan fingerprint density at radius 1 is 1.33 bits per heavy atom. The molecule has 1 aliphatic heterocycles. The van der Waals surface area contributed by atoms with Crippen molar-refractivity contribution >= 4 is 5.97 Å². The van der Waals surface area contributed by atoms with Crippen molar-refractivity contribution in [3.05, 3.63) is 52.8 Å². The molecule has 0 aromatic heterocycles. The summed E-state index contributed by atoms with van der Waals surface area (Å²) in [7, 11) is 0. The molecule has 3 nitrogen and oxygen atoms in total. The molecule has 0 bridgehead atoms. The predicted molar refractivity (Wildman–Crippen MR) is 69.2 cm³/mol. The Bertz CT molecular complexity index is 553. The van der Waals surface area contributed by atoms with Crippen LogP contribution in [0.15, 0.2) is 41.7 Å². The fraction of sp³-hybridized carbons (Fsp3) is 0.267. The Morgan fingerprint density at radius 3 is 2.61 bits per heavy atom. The largest absolute Gasteiger partial charge is 0.508 e. The molecule has 0 fully saturated rings. The molecule has 0 amide bonds. The summed E-state index contributed by atoms with van der Waals surface area (Å²) in [5.74, 6) is 0.639. The van der Waals surface area contributed by atoms with Crippen LogP contribution in [0.25, 0.3) is 0 Å². The highest BCUT2D eigenvalue weighted by Crippen LogP contribution is 2.27. The van der Waals surface area contributed by atoms with Crippen molar-refractivity contribution in [3.8, 4) is 5.75 Å². The third-order valence-electron chi connectivity index (χ3n) is 3.06. The van der Waals surface area contributed by atoms with Crippen molar-refractivity contribution < 1.29 is 14.6 Å². The molecule has 0 radical (unpaired) electrons. The number of cyclic esters (lactones) is 1. The average Bonchev–Trinajstić information content (AvgIpc) is 2.61. The Labute approximate surface area is 106 Å². The summed E-state index contributed by atoms with van der Waals surface area (Å²) in [4.78, 5) is 11.2. The number of carbonyl (C=O) groups excluding carboxylic acids is 1. The third-order valence-corrected chi connectivity index (χ3v) is 3.06. The number of ether oxygens (including phenoxy) is 1. The molecule has 0 saturated heterocycles. The number of allylic oxidation sites excluding steroid dienone is 2. The van der Waals surface area contributed by atoms with Crippen LogP contribution in [0.5, 0.6) is 5.75 Å². The van der Waals surface area contributed by atoms with Gasteiger partial charge in [-0.3, -0.25) is 0 Å². The van der Waals surface area contributed by atoms with Crippen LogP contribution in [0, 0.1) is 6.92 Å². The second kappa shape index (κ2) is 4.69. The fourth-order valence-electron chi connectivity index (χ4n) is 1.82. The highest BCUT2D eigenvalue weighted by molar-refractivity contribution is 5.92. The molecule has 3 heteroatoms. The topological polar surface area (TPSA) is 46.5 Å². The molecular weight excluding hydrogens is 228 g/mol. The lowest BCUT2D eigenvalue weighted by Gasteiger charge is -2.09. The standard InChI is InChI=1S/C15H16O3/c1-9-4-5-12(8-14(9)16)10(2)6-13-7-11(3)15(17)18-13/h4-8,10,16H,1-3H3. The van der Waals surface area contributed by atoms with Gasteiger partial charge in [-0.25, -0.2) is 4.79 Å². The highest BCUT2D eigenvalue weighted by atomic mass is 16.5. The molecular formula is C15H16O3. The van der Waals surface area contributed by atoms with Gasteiger partial charge in [0.1, 0.15) is 11.5 Å². The van der Waals surface area contributed by atoms with Gasteiger partial charge >= 0.3 is 5.97 Å². The first-order valence-electron chi connectivity index (χ1n) is 5.89. The number of benzene rings is 1. The number of phenolic OH excluding ortho intramolecular Hbond substituents is 1. The number of esters is 1. The maximum Gasteiger partial charge on any atom is 0.339 e. The normalized spacial score (nSPS) is 18.7. The van der Waals surface area contributed by atoms with Crippen molar-refractivity contribution in [2.75, 3.05) is 0 Å². The zero-order valence-corrected chi connectivity index (χ0v) is 10.7. The molecule has 18 heavy (non-hydrogen) atoms. The van der Waals surface area contributed by atoms with Crippen LogP contribution in [0.3, 0.4) is 0 Å². The van der Waals surface area contributed by atoms with Crippen molar-refractivity contribution in [3.63, 3.8) is 0 Å². The lowest BCUT2D eigenvalue weighted by molar-refractivity contribution is -0.133. The van der Waals surface area contributed by atoms with Crippen LogP contribution in [-0.4, -0.2) is 11.1 Å². The molecule has 1 atom stereocenters. The fourth-order valence-corrected chi connectivity index (χ4v) is 1.82. The van der Waals surface area contributed by atoms with Crippen molar-refractivity contribution in [1.82, 2.24) is 0 Å². The van der Waals surface area contributed by atoms with Gasteiger partial charge in [0.05, 0.1) is 0 Å². The van der Waals surface area contributed by atoms with E-state index < -0.39 is 0 Å². The van der Waals surface area contributed by atoms with E-state index in [1.54, 1.807) is 19.1 Å². The van der Waals surface area contributed by atoms with Gasteiger partial charge in [-0.1, -0.05) is 19.1 Å². The lowest BCUT2D eigenvalue weighted by Crippen LogP contribution is -1.96. The minimum atomic E-state index is -0.291. The van der Waals surface area contributed by atoms with Gasteiger partial charge in [-0.2, -0.15) is 0 Å². The zero-order chi connectivity index (χ0) is 13.3. The van der Waals surface area contributed by atoms with Crippen LogP contribution in [0.1, 0.15) is 30.9 Å². The molecule has 1 N–H and O–H groups in total. The molecule has 1 aromatic carbocycles. The van der Waals surface area contributed by atoms with Crippen LogP contribution in [0.4, 0.5) is 0 Å².